The lowest BCUT2D eigenvalue weighted by atomic mass is 10.0. The maximum Gasteiger partial charge on any atom is 0.240 e. The van der Waals surface area contributed by atoms with Crippen LogP contribution in [0.2, 0.25) is 5.02 Å². The van der Waals surface area contributed by atoms with Crippen molar-refractivity contribution in [2.24, 2.45) is 0 Å². The van der Waals surface area contributed by atoms with Crippen molar-refractivity contribution in [2.45, 2.75) is 23.4 Å². The smallest absolute Gasteiger partial charge is 0.240 e. The zero-order valence-corrected chi connectivity index (χ0v) is 15.8. The van der Waals surface area contributed by atoms with E-state index in [0.717, 1.165) is 5.56 Å². The van der Waals surface area contributed by atoms with Gasteiger partial charge in [-0.05, 0) is 36.8 Å². The lowest BCUT2D eigenvalue weighted by Crippen LogP contribution is -2.41. The number of thioether (sulfide) groups is 1. The number of aromatic nitrogens is 3. The Kier molecular flexibility index (Phi) is 4.75. The third-order valence-electron chi connectivity index (χ3n) is 4.22. The maximum atomic E-state index is 13.4. The first-order valence-corrected chi connectivity index (χ1v) is 9.45. The Bertz CT molecular complexity index is 994. The van der Waals surface area contributed by atoms with Crippen LogP contribution in [-0.2, 0) is 4.79 Å². The van der Waals surface area contributed by atoms with Crippen LogP contribution in [0, 0.1) is 12.7 Å². The van der Waals surface area contributed by atoms with Gasteiger partial charge in [-0.2, -0.15) is 0 Å². The van der Waals surface area contributed by atoms with Gasteiger partial charge in [-0.25, -0.2) is 9.07 Å². The number of para-hydroxylation sites is 1. The molecule has 138 valence electrons. The standard InChI is InChI=1S/C18H15ClFN5OS/c1-10-22-23-18-25(10)24-15(11-6-8-12(20)9-7-11)16(27-18)17(26)21-14-5-3-2-4-13(14)19/h2-9,15-16,24H,1H3,(H,21,26). The van der Waals surface area contributed by atoms with Gasteiger partial charge in [-0.3, -0.25) is 4.79 Å². The third kappa shape index (κ3) is 3.50. The van der Waals surface area contributed by atoms with Crippen molar-refractivity contribution in [1.82, 2.24) is 14.9 Å². The Morgan fingerprint density at radius 3 is 2.70 bits per heavy atom. The van der Waals surface area contributed by atoms with E-state index in [2.05, 4.69) is 20.9 Å². The number of carbonyl (C=O) groups is 1. The molecule has 6 nitrogen and oxygen atoms in total. The summed E-state index contributed by atoms with van der Waals surface area (Å²) >= 11 is 7.45. The van der Waals surface area contributed by atoms with Gasteiger partial charge in [0.25, 0.3) is 0 Å². The fraction of sp³-hybridized carbons (Fsp3) is 0.167. The molecule has 2 aromatic carbocycles. The first kappa shape index (κ1) is 17.8. The molecular formula is C18H15ClFN5OS. The highest BCUT2D eigenvalue weighted by Gasteiger charge is 2.37. The van der Waals surface area contributed by atoms with E-state index in [1.807, 2.05) is 6.92 Å². The van der Waals surface area contributed by atoms with Gasteiger partial charge in [0.2, 0.25) is 11.1 Å². The van der Waals surface area contributed by atoms with Crippen LogP contribution in [0.5, 0.6) is 0 Å². The van der Waals surface area contributed by atoms with E-state index in [1.54, 1.807) is 41.1 Å². The molecule has 0 bridgehead atoms. The van der Waals surface area contributed by atoms with Crippen molar-refractivity contribution >= 4 is 35.0 Å². The van der Waals surface area contributed by atoms with Crippen LogP contribution in [0.1, 0.15) is 17.4 Å². The van der Waals surface area contributed by atoms with Crippen LogP contribution in [0.4, 0.5) is 10.1 Å². The largest absolute Gasteiger partial charge is 0.324 e. The van der Waals surface area contributed by atoms with E-state index in [0.29, 0.717) is 21.7 Å². The average molecular weight is 404 g/mol. The summed E-state index contributed by atoms with van der Waals surface area (Å²) in [6, 6.07) is 12.7. The number of aryl methyl sites for hydroxylation is 1. The molecule has 0 fully saturated rings. The number of carbonyl (C=O) groups excluding carboxylic acids is 1. The lowest BCUT2D eigenvalue weighted by molar-refractivity contribution is -0.116. The number of amides is 1. The number of hydrogen-bond acceptors (Lipinski definition) is 5. The number of rotatable bonds is 3. The number of nitrogens with zero attached hydrogens (tertiary/aromatic N) is 3. The van der Waals surface area contributed by atoms with Gasteiger partial charge in [0, 0.05) is 0 Å². The van der Waals surface area contributed by atoms with Crippen molar-refractivity contribution in [3.8, 4) is 0 Å². The van der Waals surface area contributed by atoms with Gasteiger partial charge in [0.15, 0.2) is 0 Å². The first-order chi connectivity index (χ1) is 13.0. The number of halogens is 2. The lowest BCUT2D eigenvalue weighted by Gasteiger charge is -2.32. The van der Waals surface area contributed by atoms with Gasteiger partial charge >= 0.3 is 0 Å². The normalized spacial score (nSPS) is 18.5. The number of anilines is 1. The van der Waals surface area contributed by atoms with E-state index in [4.69, 9.17) is 11.6 Å². The first-order valence-electron chi connectivity index (χ1n) is 8.19. The number of fused-ring (bicyclic) bond motifs is 1. The highest BCUT2D eigenvalue weighted by Crippen LogP contribution is 2.37. The molecule has 1 amide bonds. The number of nitrogens with one attached hydrogen (secondary N) is 2. The van der Waals surface area contributed by atoms with Crippen molar-refractivity contribution in [3.63, 3.8) is 0 Å². The minimum Gasteiger partial charge on any atom is -0.324 e. The minimum atomic E-state index is -0.553. The monoisotopic (exact) mass is 403 g/mol. The SMILES string of the molecule is Cc1nnc2n1NC(c1ccc(F)cc1)C(C(=O)Nc1ccccc1Cl)S2. The van der Waals surface area contributed by atoms with Crippen LogP contribution in [0.3, 0.4) is 0 Å². The summed E-state index contributed by atoms with van der Waals surface area (Å²) in [4.78, 5) is 13.0. The van der Waals surface area contributed by atoms with Crippen LogP contribution in [0.25, 0.3) is 0 Å². The van der Waals surface area contributed by atoms with Crippen molar-refractivity contribution in [1.29, 1.82) is 0 Å². The summed E-state index contributed by atoms with van der Waals surface area (Å²) in [6.07, 6.45) is 0. The van der Waals surface area contributed by atoms with Crippen molar-refractivity contribution in [2.75, 3.05) is 10.7 Å². The zero-order chi connectivity index (χ0) is 19.0. The van der Waals surface area contributed by atoms with Crippen molar-refractivity contribution < 1.29 is 9.18 Å². The van der Waals surface area contributed by atoms with Crippen LogP contribution in [-0.4, -0.2) is 26.0 Å². The van der Waals surface area contributed by atoms with E-state index in [9.17, 15) is 9.18 Å². The highest BCUT2D eigenvalue weighted by atomic mass is 35.5. The molecule has 2 N–H and O–H groups in total. The summed E-state index contributed by atoms with van der Waals surface area (Å²) in [5, 5.41) is 11.5. The fourth-order valence-electron chi connectivity index (χ4n) is 2.85. The average Bonchev–Trinajstić information content (AvgIpc) is 3.03. The molecular weight excluding hydrogens is 389 g/mol. The molecule has 0 aliphatic carbocycles. The van der Waals surface area contributed by atoms with Crippen molar-refractivity contribution in [3.05, 3.63) is 70.8 Å². The Morgan fingerprint density at radius 2 is 1.96 bits per heavy atom. The van der Waals surface area contributed by atoms with Gasteiger partial charge in [0.1, 0.15) is 16.9 Å². The molecule has 0 radical (unpaired) electrons. The molecule has 4 rings (SSSR count). The Hall–Kier alpha value is -2.58. The Balaban J connectivity index is 1.68. The van der Waals surface area contributed by atoms with Crippen LogP contribution >= 0.6 is 23.4 Å². The summed E-state index contributed by atoms with van der Waals surface area (Å²) < 4.78 is 15.1. The van der Waals surface area contributed by atoms with E-state index in [-0.39, 0.29) is 11.7 Å². The molecule has 2 unspecified atom stereocenters. The summed E-state index contributed by atoms with van der Waals surface area (Å²) in [6.45, 7) is 1.82. The molecule has 0 saturated carbocycles. The van der Waals surface area contributed by atoms with Gasteiger partial charge in [-0.1, -0.05) is 47.6 Å². The second-order valence-corrected chi connectivity index (χ2v) is 7.55. The quantitative estimate of drug-likeness (QED) is 0.696. The molecule has 27 heavy (non-hydrogen) atoms. The van der Waals surface area contributed by atoms with E-state index >= 15 is 0 Å². The minimum absolute atomic E-state index is 0.234. The molecule has 1 aliphatic heterocycles. The van der Waals surface area contributed by atoms with Crippen LogP contribution in [0.15, 0.2) is 53.7 Å². The predicted molar refractivity (Wildman–Crippen MR) is 103 cm³/mol. The molecule has 1 aliphatic rings. The molecule has 2 heterocycles. The molecule has 9 heteroatoms. The topological polar surface area (TPSA) is 71.8 Å². The van der Waals surface area contributed by atoms with E-state index in [1.165, 1.54) is 23.9 Å². The summed E-state index contributed by atoms with van der Waals surface area (Å²) in [7, 11) is 0. The van der Waals surface area contributed by atoms with E-state index < -0.39 is 11.3 Å². The number of hydrogen-bond donors (Lipinski definition) is 2. The fourth-order valence-corrected chi connectivity index (χ4v) is 4.16. The Morgan fingerprint density at radius 1 is 1.22 bits per heavy atom. The second kappa shape index (κ2) is 7.21. The summed E-state index contributed by atoms with van der Waals surface area (Å²) in [5.74, 6) is 0.108. The number of benzene rings is 2. The van der Waals surface area contributed by atoms with Gasteiger partial charge in [0.05, 0.1) is 16.8 Å². The molecule has 1 aromatic heterocycles. The molecule has 0 saturated heterocycles. The zero-order valence-electron chi connectivity index (χ0n) is 14.2. The maximum absolute atomic E-state index is 13.4. The molecule has 0 spiro atoms. The third-order valence-corrected chi connectivity index (χ3v) is 5.76. The Labute approximate surface area is 164 Å². The van der Waals surface area contributed by atoms with Gasteiger partial charge < -0.3 is 10.7 Å². The second-order valence-electron chi connectivity index (χ2n) is 6.03. The highest BCUT2D eigenvalue weighted by molar-refractivity contribution is 8.00. The summed E-state index contributed by atoms with van der Waals surface area (Å²) in [5.41, 5.74) is 4.58. The molecule has 3 aromatic rings. The van der Waals surface area contributed by atoms with Crippen LogP contribution < -0.4 is 10.7 Å². The molecule has 2 atom stereocenters. The predicted octanol–water partition coefficient (Wildman–Crippen LogP) is 3.78. The van der Waals surface area contributed by atoms with Gasteiger partial charge in [-0.15, -0.1) is 10.2 Å².